The molecule has 1 fully saturated rings. The second-order valence-corrected chi connectivity index (χ2v) is 9.33. The molecule has 1 saturated carbocycles. The topological polar surface area (TPSA) is 22.0 Å². The summed E-state index contributed by atoms with van der Waals surface area (Å²) in [5.41, 5.74) is 3.62. The third kappa shape index (κ3) is 3.43. The number of halogens is 1. The first-order valence-corrected chi connectivity index (χ1v) is 11.9. The molecule has 164 valence electrons. The fourth-order valence-electron chi connectivity index (χ4n) is 5.68. The Morgan fingerprint density at radius 3 is 2.21 bits per heavy atom. The molecule has 0 aliphatic heterocycles. The monoisotopic (exact) mass is 435 g/mol. The Morgan fingerprint density at radius 2 is 1.45 bits per heavy atom. The van der Waals surface area contributed by atoms with Crippen LogP contribution in [0.4, 0.5) is 4.39 Å². The summed E-state index contributed by atoms with van der Waals surface area (Å²) in [7, 11) is 0. The maximum atomic E-state index is 13.5. The smallest absolute Gasteiger partial charge is 0.193 e. The zero-order chi connectivity index (χ0) is 22.4. The van der Waals surface area contributed by atoms with Crippen molar-refractivity contribution in [1.82, 2.24) is 4.57 Å². The van der Waals surface area contributed by atoms with E-state index in [0.29, 0.717) is 17.0 Å². The number of hydrogen-bond acceptors (Lipinski definition) is 1. The van der Waals surface area contributed by atoms with Crippen molar-refractivity contribution in [2.75, 3.05) is 0 Å². The van der Waals surface area contributed by atoms with Gasteiger partial charge in [0.2, 0.25) is 0 Å². The predicted octanol–water partition coefficient (Wildman–Crippen LogP) is 7.90. The van der Waals surface area contributed by atoms with E-state index in [1.807, 2.05) is 12.1 Å². The van der Waals surface area contributed by atoms with Crippen LogP contribution in [0.25, 0.3) is 32.6 Å². The second kappa shape index (κ2) is 8.15. The number of aromatic nitrogens is 1. The van der Waals surface area contributed by atoms with Gasteiger partial charge in [0.05, 0.1) is 5.52 Å². The summed E-state index contributed by atoms with van der Waals surface area (Å²) in [4.78, 5) is 13.5. The van der Waals surface area contributed by atoms with Crippen molar-refractivity contribution in [2.24, 2.45) is 5.92 Å². The SMILES string of the molecule is O=C(c1ccc(F)cc1)c1cc2c3ccccc3n(CC3CCCCC3)c2c2ccccc12. The van der Waals surface area contributed by atoms with E-state index < -0.39 is 0 Å². The number of benzene rings is 4. The van der Waals surface area contributed by atoms with Crippen LogP contribution in [-0.4, -0.2) is 10.4 Å². The molecule has 3 heteroatoms. The number of para-hydroxylation sites is 1. The summed E-state index contributed by atoms with van der Waals surface area (Å²) in [5.74, 6) is 0.284. The molecule has 6 rings (SSSR count). The normalized spacial score (nSPS) is 14.9. The van der Waals surface area contributed by atoms with Gasteiger partial charge in [-0.05, 0) is 60.5 Å². The molecule has 0 radical (unpaired) electrons. The lowest BCUT2D eigenvalue weighted by Gasteiger charge is -2.23. The molecule has 0 unspecified atom stereocenters. The van der Waals surface area contributed by atoms with E-state index in [0.717, 1.165) is 22.7 Å². The molecule has 5 aromatic rings. The summed E-state index contributed by atoms with van der Waals surface area (Å²) in [5, 5.41) is 4.35. The van der Waals surface area contributed by atoms with Gasteiger partial charge < -0.3 is 4.57 Å². The maximum absolute atomic E-state index is 13.5. The van der Waals surface area contributed by atoms with E-state index in [2.05, 4.69) is 47.0 Å². The lowest BCUT2D eigenvalue weighted by molar-refractivity contribution is 0.104. The fraction of sp³-hybridized carbons (Fsp3) is 0.233. The van der Waals surface area contributed by atoms with Gasteiger partial charge in [-0.2, -0.15) is 0 Å². The Labute approximate surface area is 192 Å². The number of fused-ring (bicyclic) bond motifs is 5. The molecule has 1 aliphatic carbocycles. The standard InChI is InChI=1S/C30H26FNO/c31-22-16-14-21(15-17-22)30(33)27-18-26-24-11-6-7-13-28(24)32(19-20-8-2-1-3-9-20)29(26)25-12-5-4-10-23(25)27/h4-7,10-18,20H,1-3,8-9,19H2. The molecule has 0 N–H and O–H groups in total. The summed E-state index contributed by atoms with van der Waals surface area (Å²) in [6, 6.07) is 24.7. The number of carbonyl (C=O) groups is 1. The highest BCUT2D eigenvalue weighted by Crippen LogP contribution is 2.38. The quantitative estimate of drug-likeness (QED) is 0.263. The Balaban J connectivity index is 1.62. The van der Waals surface area contributed by atoms with Crippen molar-refractivity contribution in [2.45, 2.75) is 38.6 Å². The molecule has 1 heterocycles. The average Bonchev–Trinajstić information content (AvgIpc) is 3.18. The van der Waals surface area contributed by atoms with Crippen LogP contribution in [0.5, 0.6) is 0 Å². The van der Waals surface area contributed by atoms with Gasteiger partial charge in [0.1, 0.15) is 5.82 Å². The third-order valence-corrected chi connectivity index (χ3v) is 7.29. The molecule has 0 atom stereocenters. The summed E-state index contributed by atoms with van der Waals surface area (Å²) in [6.45, 7) is 1.01. The first-order valence-electron chi connectivity index (χ1n) is 11.9. The van der Waals surface area contributed by atoms with Crippen molar-refractivity contribution in [3.05, 3.63) is 95.8 Å². The van der Waals surface area contributed by atoms with Gasteiger partial charge >= 0.3 is 0 Å². The number of carbonyl (C=O) groups excluding carboxylic acids is 1. The summed E-state index contributed by atoms with van der Waals surface area (Å²) < 4.78 is 16.0. The van der Waals surface area contributed by atoms with Gasteiger partial charge in [-0.1, -0.05) is 61.7 Å². The van der Waals surface area contributed by atoms with E-state index in [1.54, 1.807) is 12.1 Å². The number of nitrogens with zero attached hydrogens (tertiary/aromatic N) is 1. The van der Waals surface area contributed by atoms with Gasteiger partial charge in [0.25, 0.3) is 0 Å². The molecule has 4 aromatic carbocycles. The first-order chi connectivity index (χ1) is 16.2. The predicted molar refractivity (Wildman–Crippen MR) is 133 cm³/mol. The van der Waals surface area contributed by atoms with Crippen LogP contribution in [0.15, 0.2) is 78.9 Å². The van der Waals surface area contributed by atoms with Crippen molar-refractivity contribution in [3.63, 3.8) is 0 Å². The number of ketones is 1. The minimum Gasteiger partial charge on any atom is -0.340 e. The second-order valence-electron chi connectivity index (χ2n) is 9.33. The molecule has 0 bridgehead atoms. The van der Waals surface area contributed by atoms with Crippen molar-refractivity contribution >= 4 is 38.4 Å². The van der Waals surface area contributed by atoms with Crippen LogP contribution in [0.3, 0.4) is 0 Å². The van der Waals surface area contributed by atoms with Crippen LogP contribution >= 0.6 is 0 Å². The molecule has 0 saturated heterocycles. The zero-order valence-corrected chi connectivity index (χ0v) is 18.6. The molecule has 0 spiro atoms. The molecular weight excluding hydrogens is 409 g/mol. The van der Waals surface area contributed by atoms with Gasteiger partial charge in [-0.15, -0.1) is 0 Å². The van der Waals surface area contributed by atoms with Crippen molar-refractivity contribution in [1.29, 1.82) is 0 Å². The Kier molecular flexibility index (Phi) is 4.98. The summed E-state index contributed by atoms with van der Waals surface area (Å²) >= 11 is 0. The van der Waals surface area contributed by atoms with Crippen LogP contribution in [0, 0.1) is 11.7 Å². The van der Waals surface area contributed by atoms with Crippen LogP contribution in [-0.2, 0) is 6.54 Å². The van der Waals surface area contributed by atoms with Gasteiger partial charge in [0, 0.05) is 39.3 Å². The minimum absolute atomic E-state index is 0.0720. The highest BCUT2D eigenvalue weighted by atomic mass is 19.1. The van der Waals surface area contributed by atoms with Crippen molar-refractivity contribution in [3.8, 4) is 0 Å². The highest BCUT2D eigenvalue weighted by molar-refractivity contribution is 6.25. The summed E-state index contributed by atoms with van der Waals surface area (Å²) in [6.07, 6.45) is 6.55. The van der Waals surface area contributed by atoms with E-state index in [-0.39, 0.29) is 11.6 Å². The molecule has 0 amide bonds. The van der Waals surface area contributed by atoms with Crippen LogP contribution in [0.1, 0.15) is 48.0 Å². The maximum Gasteiger partial charge on any atom is 0.193 e. The van der Waals surface area contributed by atoms with Crippen molar-refractivity contribution < 1.29 is 9.18 Å². The Hall–Kier alpha value is -3.46. The Bertz CT molecular complexity index is 1490. The van der Waals surface area contributed by atoms with Gasteiger partial charge in [-0.25, -0.2) is 4.39 Å². The highest BCUT2D eigenvalue weighted by Gasteiger charge is 2.22. The van der Waals surface area contributed by atoms with Crippen LogP contribution < -0.4 is 0 Å². The molecule has 1 aliphatic rings. The lowest BCUT2D eigenvalue weighted by Crippen LogP contribution is -2.14. The Morgan fingerprint density at radius 1 is 0.788 bits per heavy atom. The molecule has 1 aromatic heterocycles. The zero-order valence-electron chi connectivity index (χ0n) is 18.6. The first kappa shape index (κ1) is 20.2. The van der Waals surface area contributed by atoms with Crippen LogP contribution in [0.2, 0.25) is 0 Å². The third-order valence-electron chi connectivity index (χ3n) is 7.29. The average molecular weight is 436 g/mol. The van der Waals surface area contributed by atoms with E-state index in [9.17, 15) is 9.18 Å². The number of rotatable bonds is 4. The van der Waals surface area contributed by atoms with E-state index in [1.165, 1.54) is 60.7 Å². The fourth-order valence-corrected chi connectivity index (χ4v) is 5.68. The van der Waals surface area contributed by atoms with E-state index >= 15 is 0 Å². The molecular formula is C30H26FNO. The van der Waals surface area contributed by atoms with Gasteiger partial charge in [0.15, 0.2) is 5.78 Å². The number of hydrogen-bond donors (Lipinski definition) is 0. The molecule has 2 nitrogen and oxygen atoms in total. The lowest BCUT2D eigenvalue weighted by atomic mass is 9.89. The largest absolute Gasteiger partial charge is 0.340 e. The molecule has 33 heavy (non-hydrogen) atoms. The van der Waals surface area contributed by atoms with Gasteiger partial charge in [-0.3, -0.25) is 4.79 Å². The van der Waals surface area contributed by atoms with E-state index in [4.69, 9.17) is 0 Å². The minimum atomic E-state index is -0.336.